The van der Waals surface area contributed by atoms with Crippen LogP contribution in [0.1, 0.15) is 10.4 Å². The Morgan fingerprint density at radius 2 is 1.50 bits per heavy atom. The van der Waals surface area contributed by atoms with Gasteiger partial charge in [-0.2, -0.15) is 0 Å². The van der Waals surface area contributed by atoms with Crippen LogP contribution in [0.4, 0.5) is 11.4 Å². The van der Waals surface area contributed by atoms with Gasteiger partial charge in [-0.25, -0.2) is 8.42 Å². The lowest BCUT2D eigenvalue weighted by atomic mass is 10.2. The second kappa shape index (κ2) is 9.80. The minimum absolute atomic E-state index is 0.0864. The average molecular weight is 477 g/mol. The monoisotopic (exact) mass is 476 g/mol. The third-order valence-electron chi connectivity index (χ3n) is 4.48. The standard InChI is InChI=1S/C22H21ClN2O6S/c1-29-19-10-5-4-9-17(19)25-32(27,28)15-8-6-7-14(11-15)22(26)24-18-13-20(30-2)16(23)12-21(18)31-3/h4-13,25H,1-3H3,(H,24,26). The molecule has 8 nitrogen and oxygen atoms in total. The van der Waals surface area contributed by atoms with E-state index < -0.39 is 15.9 Å². The number of hydrogen-bond acceptors (Lipinski definition) is 6. The van der Waals surface area contributed by atoms with Gasteiger partial charge in [0.25, 0.3) is 15.9 Å². The van der Waals surface area contributed by atoms with Gasteiger partial charge in [0.1, 0.15) is 17.2 Å². The Morgan fingerprint density at radius 1 is 0.812 bits per heavy atom. The molecule has 0 aromatic heterocycles. The molecular formula is C22H21ClN2O6S. The summed E-state index contributed by atoms with van der Waals surface area (Å²) in [6.45, 7) is 0. The molecule has 10 heteroatoms. The number of nitrogens with one attached hydrogen (secondary N) is 2. The number of ether oxygens (including phenoxy) is 3. The fraction of sp³-hybridized carbons (Fsp3) is 0.136. The molecule has 0 unspecified atom stereocenters. The Bertz CT molecular complexity index is 1250. The van der Waals surface area contributed by atoms with Crippen molar-refractivity contribution in [2.24, 2.45) is 0 Å². The zero-order valence-corrected chi connectivity index (χ0v) is 19.1. The van der Waals surface area contributed by atoms with E-state index in [0.717, 1.165) is 0 Å². The Kier molecular flexibility index (Phi) is 7.12. The zero-order chi connectivity index (χ0) is 23.3. The van der Waals surface area contributed by atoms with Crippen LogP contribution in [0.3, 0.4) is 0 Å². The maximum Gasteiger partial charge on any atom is 0.262 e. The number of para-hydroxylation sites is 2. The summed E-state index contributed by atoms with van der Waals surface area (Å²) >= 11 is 6.09. The van der Waals surface area contributed by atoms with Crippen LogP contribution in [-0.2, 0) is 10.0 Å². The second-order valence-electron chi connectivity index (χ2n) is 6.47. The van der Waals surface area contributed by atoms with Crippen LogP contribution in [0.5, 0.6) is 17.2 Å². The van der Waals surface area contributed by atoms with Crippen molar-refractivity contribution in [1.29, 1.82) is 0 Å². The van der Waals surface area contributed by atoms with Gasteiger partial charge in [0.15, 0.2) is 0 Å². The highest BCUT2D eigenvalue weighted by molar-refractivity contribution is 7.92. The Hall–Kier alpha value is -3.43. The van der Waals surface area contributed by atoms with Gasteiger partial charge in [-0.1, -0.05) is 29.8 Å². The molecule has 0 heterocycles. The number of amides is 1. The summed E-state index contributed by atoms with van der Waals surface area (Å²) in [5.41, 5.74) is 0.728. The SMILES string of the molecule is COc1cc(NC(=O)c2cccc(S(=O)(=O)Nc3ccccc3OC)c2)c(OC)cc1Cl. The molecule has 32 heavy (non-hydrogen) atoms. The van der Waals surface area contributed by atoms with Crippen LogP contribution >= 0.6 is 11.6 Å². The van der Waals surface area contributed by atoms with Crippen molar-refractivity contribution >= 4 is 38.9 Å². The van der Waals surface area contributed by atoms with E-state index in [0.29, 0.717) is 28.0 Å². The van der Waals surface area contributed by atoms with Crippen molar-refractivity contribution in [1.82, 2.24) is 0 Å². The lowest BCUT2D eigenvalue weighted by molar-refractivity contribution is 0.102. The van der Waals surface area contributed by atoms with Crippen LogP contribution in [0.25, 0.3) is 0 Å². The van der Waals surface area contributed by atoms with Crippen molar-refractivity contribution in [3.05, 3.63) is 71.2 Å². The lowest BCUT2D eigenvalue weighted by Gasteiger charge is -2.14. The number of halogens is 1. The van der Waals surface area contributed by atoms with E-state index in [2.05, 4.69) is 10.0 Å². The maximum atomic E-state index is 12.9. The largest absolute Gasteiger partial charge is 0.495 e. The molecule has 0 atom stereocenters. The fourth-order valence-electron chi connectivity index (χ4n) is 2.89. The average Bonchev–Trinajstić information content (AvgIpc) is 2.80. The molecule has 168 valence electrons. The fourth-order valence-corrected chi connectivity index (χ4v) is 4.24. The van der Waals surface area contributed by atoms with Crippen LogP contribution in [0.2, 0.25) is 5.02 Å². The molecular weight excluding hydrogens is 456 g/mol. The van der Waals surface area contributed by atoms with Gasteiger partial charge in [-0.3, -0.25) is 9.52 Å². The van der Waals surface area contributed by atoms with Gasteiger partial charge in [-0.15, -0.1) is 0 Å². The van der Waals surface area contributed by atoms with E-state index in [-0.39, 0.29) is 16.1 Å². The first-order valence-corrected chi connectivity index (χ1v) is 11.1. The molecule has 0 radical (unpaired) electrons. The number of rotatable bonds is 8. The van der Waals surface area contributed by atoms with E-state index >= 15 is 0 Å². The number of anilines is 2. The summed E-state index contributed by atoms with van der Waals surface area (Å²) in [5, 5.41) is 3.01. The summed E-state index contributed by atoms with van der Waals surface area (Å²) in [4.78, 5) is 12.7. The van der Waals surface area contributed by atoms with Crippen LogP contribution in [0.15, 0.2) is 65.6 Å². The number of benzene rings is 3. The first kappa shape index (κ1) is 23.2. The number of hydrogen-bond donors (Lipinski definition) is 2. The van der Waals surface area contributed by atoms with E-state index in [1.54, 1.807) is 24.3 Å². The number of sulfonamides is 1. The summed E-state index contributed by atoms with van der Waals surface area (Å²) in [7, 11) is 0.348. The smallest absolute Gasteiger partial charge is 0.262 e. The Labute approximate surface area is 191 Å². The molecule has 1 amide bonds. The molecule has 0 fully saturated rings. The Balaban J connectivity index is 1.88. The molecule has 0 saturated carbocycles. The lowest BCUT2D eigenvalue weighted by Crippen LogP contribution is -2.16. The summed E-state index contributed by atoms with van der Waals surface area (Å²) in [6.07, 6.45) is 0. The van der Waals surface area contributed by atoms with Crippen molar-refractivity contribution in [3.8, 4) is 17.2 Å². The van der Waals surface area contributed by atoms with Gasteiger partial charge in [0.2, 0.25) is 0 Å². The highest BCUT2D eigenvalue weighted by atomic mass is 35.5. The minimum atomic E-state index is -3.98. The van der Waals surface area contributed by atoms with Crippen molar-refractivity contribution < 1.29 is 27.4 Å². The second-order valence-corrected chi connectivity index (χ2v) is 8.56. The predicted molar refractivity (Wildman–Crippen MR) is 123 cm³/mol. The quantitative estimate of drug-likeness (QED) is 0.499. The molecule has 0 aliphatic carbocycles. The third kappa shape index (κ3) is 5.06. The third-order valence-corrected chi connectivity index (χ3v) is 6.14. The molecule has 3 aromatic rings. The predicted octanol–water partition coefficient (Wildman–Crippen LogP) is 4.42. The van der Waals surface area contributed by atoms with Gasteiger partial charge in [0.05, 0.1) is 42.6 Å². The molecule has 0 bridgehead atoms. The first-order valence-electron chi connectivity index (χ1n) is 9.28. The summed E-state index contributed by atoms with van der Waals surface area (Å²) in [6, 6.07) is 15.3. The normalized spacial score (nSPS) is 10.9. The molecule has 3 rings (SSSR count). The van der Waals surface area contributed by atoms with Crippen molar-refractivity contribution in [2.45, 2.75) is 4.90 Å². The van der Waals surface area contributed by atoms with Gasteiger partial charge in [-0.05, 0) is 30.3 Å². The highest BCUT2D eigenvalue weighted by Crippen LogP contribution is 2.36. The molecule has 2 N–H and O–H groups in total. The van der Waals surface area contributed by atoms with E-state index in [1.165, 1.54) is 57.7 Å². The van der Waals surface area contributed by atoms with Crippen molar-refractivity contribution in [2.75, 3.05) is 31.4 Å². The maximum absolute atomic E-state index is 12.9. The van der Waals surface area contributed by atoms with E-state index in [1.807, 2.05) is 0 Å². The molecule has 0 spiro atoms. The summed E-state index contributed by atoms with van der Waals surface area (Å²) in [5.74, 6) is 0.502. The zero-order valence-electron chi connectivity index (χ0n) is 17.5. The van der Waals surface area contributed by atoms with Gasteiger partial charge < -0.3 is 19.5 Å². The van der Waals surface area contributed by atoms with Crippen LogP contribution in [0, 0.1) is 0 Å². The van der Waals surface area contributed by atoms with E-state index in [4.69, 9.17) is 25.8 Å². The van der Waals surface area contributed by atoms with Crippen molar-refractivity contribution in [3.63, 3.8) is 0 Å². The number of carbonyl (C=O) groups is 1. The highest BCUT2D eigenvalue weighted by Gasteiger charge is 2.19. The summed E-state index contributed by atoms with van der Waals surface area (Å²) < 4.78 is 43.8. The van der Waals surface area contributed by atoms with Crippen LogP contribution < -0.4 is 24.2 Å². The van der Waals surface area contributed by atoms with E-state index in [9.17, 15) is 13.2 Å². The number of methoxy groups -OCH3 is 3. The molecule has 0 aliphatic heterocycles. The first-order chi connectivity index (χ1) is 15.3. The molecule has 0 saturated heterocycles. The van der Waals surface area contributed by atoms with Crippen LogP contribution in [-0.4, -0.2) is 35.7 Å². The Morgan fingerprint density at radius 3 is 2.19 bits per heavy atom. The molecule has 0 aliphatic rings. The van der Waals surface area contributed by atoms with Gasteiger partial charge in [0, 0.05) is 17.7 Å². The van der Waals surface area contributed by atoms with Gasteiger partial charge >= 0.3 is 0 Å². The minimum Gasteiger partial charge on any atom is -0.495 e. The molecule has 3 aromatic carbocycles. The number of carbonyl (C=O) groups excluding carboxylic acids is 1. The topological polar surface area (TPSA) is 103 Å².